The predicted molar refractivity (Wildman–Crippen MR) is 43.9 cm³/mol. The molecule has 0 atom stereocenters. The monoisotopic (exact) mass is 200 g/mol. The molecule has 0 aromatic carbocycles. The summed E-state index contributed by atoms with van der Waals surface area (Å²) >= 11 is 8.98. The maximum Gasteiger partial charge on any atom is 0.304 e. The molecule has 0 N–H and O–H groups in total. The van der Waals surface area contributed by atoms with Gasteiger partial charge in [0.05, 0.1) is 0 Å². The number of hydrogen-bond donors (Lipinski definition) is 0. The zero-order valence-electron chi connectivity index (χ0n) is 6.39. The molecule has 0 spiro atoms. The lowest BCUT2D eigenvalue weighted by atomic mass is 10.8. The molecule has 0 radical (unpaired) electrons. The van der Waals surface area contributed by atoms with E-state index < -0.39 is 10.5 Å². The summed E-state index contributed by atoms with van der Waals surface area (Å²) in [7, 11) is 0. The molecule has 3 nitrogen and oxygen atoms in total. The molecule has 0 saturated heterocycles. The Labute approximate surface area is 75.6 Å². The van der Waals surface area contributed by atoms with E-state index in [1.807, 2.05) is 13.8 Å². The number of carbonyl (C=O) groups is 2. The van der Waals surface area contributed by atoms with Crippen LogP contribution in [-0.2, 0) is 14.3 Å². The van der Waals surface area contributed by atoms with Crippen LogP contribution in [0.2, 0.25) is 0 Å². The summed E-state index contributed by atoms with van der Waals surface area (Å²) < 4.78 is 4.83. The van der Waals surface area contributed by atoms with Crippen LogP contribution < -0.4 is 0 Å². The molecule has 66 valence electrons. The maximum absolute atomic E-state index is 9.43. The third-order valence-corrected chi connectivity index (χ3v) is 1.00. The van der Waals surface area contributed by atoms with Crippen molar-refractivity contribution in [3.8, 4) is 0 Å². The van der Waals surface area contributed by atoms with Crippen LogP contribution in [-0.4, -0.2) is 23.7 Å². The molecule has 0 aromatic rings. The van der Waals surface area contributed by atoms with Gasteiger partial charge in [0.1, 0.15) is 0 Å². The highest BCUT2D eigenvalue weighted by Gasteiger charge is 2.01. The predicted octanol–water partition coefficient (Wildman–Crippen LogP) is 1.56. The van der Waals surface area contributed by atoms with Crippen molar-refractivity contribution in [1.82, 2.24) is 0 Å². The quantitative estimate of drug-likeness (QED) is 0.514. The first-order valence-electron chi connectivity index (χ1n) is 3.03. The highest BCUT2D eigenvalue weighted by molar-refractivity contribution is 6.97. The van der Waals surface area contributed by atoms with Gasteiger partial charge < -0.3 is 4.74 Å². The Morgan fingerprint density at radius 2 is 1.36 bits per heavy atom. The van der Waals surface area contributed by atoms with E-state index in [2.05, 4.69) is 23.2 Å². The summed E-state index contributed by atoms with van der Waals surface area (Å²) in [5.74, 6) is 0. The Kier molecular flexibility index (Phi) is 12.1. The Morgan fingerprint density at radius 1 is 1.09 bits per heavy atom. The van der Waals surface area contributed by atoms with Crippen molar-refractivity contribution in [1.29, 1.82) is 0 Å². The van der Waals surface area contributed by atoms with Crippen molar-refractivity contribution >= 4 is 33.7 Å². The molecule has 0 bridgehead atoms. The number of halogens is 2. The van der Waals surface area contributed by atoms with Gasteiger partial charge in [0.25, 0.3) is 0 Å². The minimum absolute atomic E-state index is 0.844. The number of hydrogen-bond acceptors (Lipinski definition) is 3. The number of carbonyl (C=O) groups excluding carboxylic acids is 2. The molecule has 11 heavy (non-hydrogen) atoms. The molecule has 0 saturated carbocycles. The van der Waals surface area contributed by atoms with Gasteiger partial charge in [-0.1, -0.05) is 0 Å². The van der Waals surface area contributed by atoms with E-state index in [0.717, 1.165) is 13.2 Å². The lowest BCUT2D eigenvalue weighted by Gasteiger charge is -1.86. The highest BCUT2D eigenvalue weighted by atomic mass is 35.5. The van der Waals surface area contributed by atoms with Crippen LogP contribution in [0.3, 0.4) is 0 Å². The van der Waals surface area contributed by atoms with Gasteiger partial charge in [-0.05, 0) is 37.0 Å². The minimum Gasteiger partial charge on any atom is -0.382 e. The van der Waals surface area contributed by atoms with Crippen LogP contribution >= 0.6 is 23.2 Å². The standard InChI is InChI=1S/C4H10O.C2Cl2O2/c1-3-5-4-2;3-1(5)2(4)6/h3-4H2,1-2H3;. The van der Waals surface area contributed by atoms with Crippen LogP contribution in [0.1, 0.15) is 13.8 Å². The SMILES string of the molecule is CCOCC.O=C(Cl)C(=O)Cl. The van der Waals surface area contributed by atoms with E-state index in [9.17, 15) is 9.59 Å². The topological polar surface area (TPSA) is 43.4 Å². The fraction of sp³-hybridized carbons (Fsp3) is 0.667. The Bertz CT molecular complexity index is 111. The molecule has 0 amide bonds. The van der Waals surface area contributed by atoms with Gasteiger partial charge >= 0.3 is 10.5 Å². The summed E-state index contributed by atoms with van der Waals surface area (Å²) in [6, 6.07) is 0. The molecule has 0 heterocycles. The van der Waals surface area contributed by atoms with Crippen molar-refractivity contribution < 1.29 is 14.3 Å². The summed E-state index contributed by atoms with van der Waals surface area (Å²) in [4.78, 5) is 18.9. The lowest BCUT2D eigenvalue weighted by Crippen LogP contribution is -1.94. The van der Waals surface area contributed by atoms with Gasteiger partial charge in [-0.3, -0.25) is 9.59 Å². The van der Waals surface area contributed by atoms with E-state index in [0.29, 0.717) is 0 Å². The third kappa shape index (κ3) is 17.7. The molecular weight excluding hydrogens is 191 g/mol. The van der Waals surface area contributed by atoms with Gasteiger partial charge in [-0.15, -0.1) is 0 Å². The third-order valence-electron chi connectivity index (χ3n) is 0.563. The van der Waals surface area contributed by atoms with Crippen LogP contribution in [0.25, 0.3) is 0 Å². The van der Waals surface area contributed by atoms with Crippen molar-refractivity contribution in [2.45, 2.75) is 13.8 Å². The van der Waals surface area contributed by atoms with Crippen molar-refractivity contribution in [2.75, 3.05) is 13.2 Å². The number of ether oxygens (including phenoxy) is 1. The van der Waals surface area contributed by atoms with E-state index in [1.54, 1.807) is 0 Å². The first-order valence-corrected chi connectivity index (χ1v) is 3.78. The fourth-order valence-electron chi connectivity index (χ4n) is 0.204. The van der Waals surface area contributed by atoms with Crippen molar-refractivity contribution in [3.05, 3.63) is 0 Å². The summed E-state index contributed by atoms with van der Waals surface area (Å²) in [6.45, 7) is 5.67. The van der Waals surface area contributed by atoms with Gasteiger partial charge in [0, 0.05) is 13.2 Å². The highest BCUT2D eigenvalue weighted by Crippen LogP contribution is 1.84. The summed E-state index contributed by atoms with van der Waals surface area (Å²) in [5.41, 5.74) is 0. The second-order valence-electron chi connectivity index (χ2n) is 1.33. The number of rotatable bonds is 3. The molecule has 0 aliphatic heterocycles. The van der Waals surface area contributed by atoms with E-state index in [-0.39, 0.29) is 0 Å². The van der Waals surface area contributed by atoms with E-state index in [1.165, 1.54) is 0 Å². The molecule has 0 aromatic heterocycles. The van der Waals surface area contributed by atoms with Crippen molar-refractivity contribution in [3.63, 3.8) is 0 Å². The zero-order chi connectivity index (χ0) is 9.28. The van der Waals surface area contributed by atoms with Crippen LogP contribution in [0.5, 0.6) is 0 Å². The van der Waals surface area contributed by atoms with Gasteiger partial charge in [-0.25, -0.2) is 0 Å². The average Bonchev–Trinajstić information content (AvgIpc) is 1.90. The molecule has 0 rings (SSSR count). The van der Waals surface area contributed by atoms with E-state index in [4.69, 9.17) is 4.74 Å². The second-order valence-corrected chi connectivity index (χ2v) is 2.02. The largest absolute Gasteiger partial charge is 0.382 e. The zero-order valence-corrected chi connectivity index (χ0v) is 7.91. The molecular formula is C6H10Cl2O3. The maximum atomic E-state index is 9.43. The minimum atomic E-state index is -1.14. The normalized spacial score (nSPS) is 8.00. The van der Waals surface area contributed by atoms with Crippen LogP contribution in [0.4, 0.5) is 0 Å². The summed E-state index contributed by atoms with van der Waals surface area (Å²) in [5, 5.41) is -2.28. The first kappa shape index (κ1) is 13.5. The first-order chi connectivity index (χ1) is 5.06. The molecule has 5 heteroatoms. The van der Waals surface area contributed by atoms with Crippen LogP contribution in [0.15, 0.2) is 0 Å². The Balaban J connectivity index is 0. The summed E-state index contributed by atoms with van der Waals surface area (Å²) in [6.07, 6.45) is 0. The smallest absolute Gasteiger partial charge is 0.304 e. The van der Waals surface area contributed by atoms with Crippen LogP contribution in [0, 0.1) is 0 Å². The average molecular weight is 201 g/mol. The Morgan fingerprint density at radius 3 is 1.36 bits per heavy atom. The Hall–Kier alpha value is -0.120. The lowest BCUT2D eigenvalue weighted by molar-refractivity contribution is -0.127. The van der Waals surface area contributed by atoms with Gasteiger partial charge in [0.2, 0.25) is 0 Å². The molecule has 0 fully saturated rings. The molecule has 0 aliphatic rings. The van der Waals surface area contributed by atoms with E-state index >= 15 is 0 Å². The van der Waals surface area contributed by atoms with Gasteiger partial charge in [-0.2, -0.15) is 0 Å². The molecule has 0 unspecified atom stereocenters. The van der Waals surface area contributed by atoms with Gasteiger partial charge in [0.15, 0.2) is 0 Å². The fourth-order valence-corrected chi connectivity index (χ4v) is 0.204. The van der Waals surface area contributed by atoms with Crippen molar-refractivity contribution in [2.24, 2.45) is 0 Å². The molecule has 0 aliphatic carbocycles. The second kappa shape index (κ2) is 9.88.